The topological polar surface area (TPSA) is 0 Å². The van der Waals surface area contributed by atoms with Gasteiger partial charge < -0.3 is 0 Å². The first-order chi connectivity index (χ1) is 6.63. The van der Waals surface area contributed by atoms with Crippen LogP contribution in [0.15, 0.2) is 30.4 Å². The SMILES string of the molecule is C=C(C)/C=c1/ccc(C)c/c1=C/SC. The molecule has 0 aliphatic rings. The molecule has 0 aliphatic carbocycles. The second-order valence-corrected chi connectivity index (χ2v) is 4.18. The first-order valence-electron chi connectivity index (χ1n) is 4.60. The maximum atomic E-state index is 3.90. The van der Waals surface area contributed by atoms with E-state index in [-0.39, 0.29) is 0 Å². The predicted octanol–water partition coefficient (Wildman–Crippen LogP) is 2.45. The molecule has 1 aromatic rings. The molecule has 14 heavy (non-hydrogen) atoms. The molecule has 0 saturated carbocycles. The van der Waals surface area contributed by atoms with Crippen LogP contribution < -0.4 is 10.4 Å². The van der Waals surface area contributed by atoms with E-state index in [0.29, 0.717) is 0 Å². The van der Waals surface area contributed by atoms with Crippen LogP contribution in [0.3, 0.4) is 0 Å². The fraction of sp³-hybridized carbons (Fsp3) is 0.231. The predicted molar refractivity (Wildman–Crippen MR) is 67.7 cm³/mol. The lowest BCUT2D eigenvalue weighted by Crippen LogP contribution is -2.24. The lowest BCUT2D eigenvalue weighted by atomic mass is 10.1. The molecule has 0 nitrogen and oxygen atoms in total. The van der Waals surface area contributed by atoms with Gasteiger partial charge in [-0.2, -0.15) is 0 Å². The second-order valence-electron chi connectivity index (χ2n) is 3.48. The minimum absolute atomic E-state index is 1.09. The smallest absolute Gasteiger partial charge is 0.0118 e. The number of hydrogen-bond acceptors (Lipinski definition) is 1. The minimum atomic E-state index is 1.09. The zero-order valence-corrected chi connectivity index (χ0v) is 9.82. The van der Waals surface area contributed by atoms with Gasteiger partial charge in [-0.1, -0.05) is 42.0 Å². The molecule has 0 aromatic heterocycles. The monoisotopic (exact) mass is 204 g/mol. The van der Waals surface area contributed by atoms with E-state index in [2.05, 4.69) is 49.4 Å². The Hall–Kier alpha value is -0.950. The minimum Gasteiger partial charge on any atom is -0.137 e. The van der Waals surface area contributed by atoms with E-state index in [0.717, 1.165) is 5.57 Å². The Morgan fingerprint density at radius 2 is 2.07 bits per heavy atom. The van der Waals surface area contributed by atoms with Crippen molar-refractivity contribution in [1.29, 1.82) is 0 Å². The van der Waals surface area contributed by atoms with E-state index >= 15 is 0 Å². The molecule has 0 heterocycles. The van der Waals surface area contributed by atoms with Crippen molar-refractivity contribution in [3.63, 3.8) is 0 Å². The van der Waals surface area contributed by atoms with Crippen LogP contribution in [0.4, 0.5) is 0 Å². The zero-order chi connectivity index (χ0) is 10.6. The molecule has 0 spiro atoms. The molecular weight excluding hydrogens is 188 g/mol. The van der Waals surface area contributed by atoms with Crippen LogP contribution in [0, 0.1) is 6.92 Å². The lowest BCUT2D eigenvalue weighted by molar-refractivity contribution is 1.40. The third kappa shape index (κ3) is 3.08. The Kier molecular flexibility index (Phi) is 4.02. The van der Waals surface area contributed by atoms with E-state index in [9.17, 15) is 0 Å². The van der Waals surface area contributed by atoms with Crippen LogP contribution >= 0.6 is 11.8 Å². The van der Waals surface area contributed by atoms with Gasteiger partial charge in [-0.15, -0.1) is 11.8 Å². The standard InChI is InChI=1S/C13H16S/c1-10(2)7-12-6-5-11(3)8-13(12)9-14-4/h5-9H,1H2,2-4H3/b12-7-,13-9-. The van der Waals surface area contributed by atoms with Gasteiger partial charge in [0.25, 0.3) is 0 Å². The van der Waals surface area contributed by atoms with Crippen molar-refractivity contribution in [2.45, 2.75) is 13.8 Å². The van der Waals surface area contributed by atoms with Crippen molar-refractivity contribution < 1.29 is 0 Å². The van der Waals surface area contributed by atoms with Crippen LogP contribution in [-0.2, 0) is 0 Å². The van der Waals surface area contributed by atoms with Crippen molar-refractivity contribution >= 4 is 23.2 Å². The molecule has 1 aromatic carbocycles. The fourth-order valence-corrected chi connectivity index (χ4v) is 1.78. The molecule has 0 atom stereocenters. The van der Waals surface area contributed by atoms with Gasteiger partial charge in [-0.3, -0.25) is 0 Å². The number of aryl methyl sites for hydroxylation is 1. The van der Waals surface area contributed by atoms with Crippen LogP contribution in [-0.4, -0.2) is 6.26 Å². The van der Waals surface area contributed by atoms with E-state index < -0.39 is 0 Å². The Morgan fingerprint density at radius 3 is 2.64 bits per heavy atom. The normalized spacial score (nSPS) is 13.4. The van der Waals surface area contributed by atoms with E-state index in [1.807, 2.05) is 6.92 Å². The Bertz CT molecular complexity index is 441. The van der Waals surface area contributed by atoms with Crippen molar-refractivity contribution in [2.24, 2.45) is 0 Å². The molecule has 0 bridgehead atoms. The molecule has 1 rings (SSSR count). The van der Waals surface area contributed by atoms with Gasteiger partial charge in [0.2, 0.25) is 0 Å². The van der Waals surface area contributed by atoms with Gasteiger partial charge in [-0.25, -0.2) is 0 Å². The van der Waals surface area contributed by atoms with Gasteiger partial charge in [-0.05, 0) is 35.9 Å². The van der Waals surface area contributed by atoms with Gasteiger partial charge in [0, 0.05) is 0 Å². The van der Waals surface area contributed by atoms with Crippen LogP contribution in [0.25, 0.3) is 11.5 Å². The summed E-state index contributed by atoms with van der Waals surface area (Å²) in [6.45, 7) is 8.03. The zero-order valence-electron chi connectivity index (χ0n) is 9.00. The van der Waals surface area contributed by atoms with E-state index in [1.54, 1.807) is 11.8 Å². The average molecular weight is 204 g/mol. The van der Waals surface area contributed by atoms with Gasteiger partial charge in [0.15, 0.2) is 0 Å². The summed E-state index contributed by atoms with van der Waals surface area (Å²) >= 11 is 1.73. The fourth-order valence-electron chi connectivity index (χ4n) is 1.32. The Labute approximate surface area is 90.0 Å². The summed E-state index contributed by atoms with van der Waals surface area (Å²) < 4.78 is 0. The summed E-state index contributed by atoms with van der Waals surface area (Å²) in [5, 5.41) is 4.69. The maximum Gasteiger partial charge on any atom is -0.0118 e. The Morgan fingerprint density at radius 1 is 1.36 bits per heavy atom. The average Bonchev–Trinajstić information content (AvgIpc) is 2.09. The van der Waals surface area contributed by atoms with Crippen LogP contribution in [0.5, 0.6) is 0 Å². The van der Waals surface area contributed by atoms with E-state index in [4.69, 9.17) is 0 Å². The third-order valence-corrected chi connectivity index (χ3v) is 2.38. The number of allylic oxidation sites excluding steroid dienone is 1. The molecule has 0 fully saturated rings. The molecule has 74 valence electrons. The highest BCUT2D eigenvalue weighted by molar-refractivity contribution is 8.05. The summed E-state index contributed by atoms with van der Waals surface area (Å²) in [7, 11) is 0. The molecule has 0 radical (unpaired) electrons. The molecule has 0 amide bonds. The van der Waals surface area contributed by atoms with Crippen molar-refractivity contribution in [3.8, 4) is 0 Å². The molecular formula is C13H16S. The number of rotatable bonds is 2. The van der Waals surface area contributed by atoms with Gasteiger partial charge >= 0.3 is 0 Å². The summed E-state index contributed by atoms with van der Waals surface area (Å²) in [5.41, 5.74) is 2.38. The molecule has 0 aliphatic heterocycles. The highest BCUT2D eigenvalue weighted by atomic mass is 32.2. The summed E-state index contributed by atoms with van der Waals surface area (Å²) in [6.07, 6.45) is 4.19. The van der Waals surface area contributed by atoms with E-state index in [1.165, 1.54) is 16.0 Å². The first kappa shape index (κ1) is 11.1. The van der Waals surface area contributed by atoms with Crippen molar-refractivity contribution in [1.82, 2.24) is 0 Å². The molecule has 0 saturated heterocycles. The highest BCUT2D eigenvalue weighted by Gasteiger charge is 1.87. The number of thioether (sulfide) groups is 1. The van der Waals surface area contributed by atoms with Crippen LogP contribution in [0.1, 0.15) is 12.5 Å². The highest BCUT2D eigenvalue weighted by Crippen LogP contribution is 1.94. The maximum absolute atomic E-state index is 3.90. The van der Waals surface area contributed by atoms with Gasteiger partial charge in [0.05, 0.1) is 0 Å². The van der Waals surface area contributed by atoms with Gasteiger partial charge in [0.1, 0.15) is 0 Å². The number of benzene rings is 1. The summed E-state index contributed by atoms with van der Waals surface area (Å²) in [5.74, 6) is 0. The molecule has 0 unspecified atom stereocenters. The summed E-state index contributed by atoms with van der Waals surface area (Å²) in [4.78, 5) is 0. The van der Waals surface area contributed by atoms with Crippen molar-refractivity contribution in [2.75, 3.05) is 6.26 Å². The second kappa shape index (κ2) is 5.06. The molecule has 0 N–H and O–H groups in total. The largest absolute Gasteiger partial charge is 0.137 e. The quantitative estimate of drug-likeness (QED) is 0.713. The lowest BCUT2D eigenvalue weighted by Gasteiger charge is -1.94. The third-order valence-electron chi connectivity index (χ3n) is 1.89. The van der Waals surface area contributed by atoms with Crippen LogP contribution in [0.2, 0.25) is 0 Å². The first-order valence-corrected chi connectivity index (χ1v) is 5.89. The number of hydrogen-bond donors (Lipinski definition) is 0. The summed E-state index contributed by atoms with van der Waals surface area (Å²) in [6, 6.07) is 6.48. The van der Waals surface area contributed by atoms with Crippen molar-refractivity contribution in [3.05, 3.63) is 46.4 Å². The Balaban J connectivity index is 3.44. The molecule has 1 heteroatoms.